The van der Waals surface area contributed by atoms with E-state index in [1.54, 1.807) is 0 Å². The zero-order valence-electron chi connectivity index (χ0n) is 11.2. The van der Waals surface area contributed by atoms with Gasteiger partial charge in [0.2, 0.25) is 0 Å². The highest BCUT2D eigenvalue weighted by Gasteiger charge is 2.23. The molecule has 0 amide bonds. The Kier molecular flexibility index (Phi) is 3.40. The monoisotopic (exact) mass is 260 g/mol. The Morgan fingerprint density at radius 3 is 3.16 bits per heavy atom. The number of hydrogen-bond donors (Lipinski definition) is 1. The molecular weight excluding hydrogens is 240 g/mol. The van der Waals surface area contributed by atoms with Gasteiger partial charge in [0.25, 0.3) is 0 Å². The molecule has 0 radical (unpaired) electrons. The van der Waals surface area contributed by atoms with Crippen LogP contribution >= 0.6 is 0 Å². The molecule has 5 heteroatoms. The van der Waals surface area contributed by atoms with E-state index in [0.29, 0.717) is 12.6 Å². The Bertz CT molecular complexity index is 566. The molecule has 0 aliphatic carbocycles. The van der Waals surface area contributed by atoms with Crippen molar-refractivity contribution in [2.24, 2.45) is 5.73 Å². The number of morpholine rings is 1. The van der Waals surface area contributed by atoms with Gasteiger partial charge in [-0.3, -0.25) is 0 Å². The maximum Gasteiger partial charge on any atom is 0.152 e. The Balaban J connectivity index is 1.99. The van der Waals surface area contributed by atoms with Crippen molar-refractivity contribution < 1.29 is 4.74 Å². The van der Waals surface area contributed by atoms with Gasteiger partial charge in [-0.05, 0) is 18.6 Å². The molecule has 5 nitrogen and oxygen atoms in total. The number of nitrogens with zero attached hydrogens (tertiary/aromatic N) is 3. The first kappa shape index (κ1) is 12.4. The number of imidazole rings is 1. The predicted octanol–water partition coefficient (Wildman–Crippen LogP) is 1.41. The molecule has 1 aliphatic heterocycles. The Morgan fingerprint density at radius 2 is 2.37 bits per heavy atom. The van der Waals surface area contributed by atoms with Crippen LogP contribution < -0.4 is 10.6 Å². The van der Waals surface area contributed by atoms with Gasteiger partial charge in [0.15, 0.2) is 5.82 Å². The van der Waals surface area contributed by atoms with E-state index in [1.165, 1.54) is 0 Å². The minimum absolute atomic E-state index is 0.296. The van der Waals surface area contributed by atoms with Crippen LogP contribution in [0.3, 0.4) is 0 Å². The average Bonchev–Trinajstić information content (AvgIpc) is 2.86. The number of pyridine rings is 1. The molecule has 2 N–H and O–H groups in total. The maximum atomic E-state index is 5.92. The number of fused-ring (bicyclic) bond motifs is 1. The van der Waals surface area contributed by atoms with Crippen molar-refractivity contribution in [3.05, 3.63) is 30.1 Å². The third kappa shape index (κ3) is 2.19. The second-order valence-electron chi connectivity index (χ2n) is 4.86. The second kappa shape index (κ2) is 5.19. The first-order valence-corrected chi connectivity index (χ1v) is 6.86. The van der Waals surface area contributed by atoms with Gasteiger partial charge in [-0.1, -0.05) is 13.0 Å². The summed E-state index contributed by atoms with van der Waals surface area (Å²) in [4.78, 5) is 7.03. The van der Waals surface area contributed by atoms with Crippen molar-refractivity contribution in [3.63, 3.8) is 0 Å². The fraction of sp³-hybridized carbons (Fsp3) is 0.500. The van der Waals surface area contributed by atoms with Gasteiger partial charge in [0, 0.05) is 25.8 Å². The quantitative estimate of drug-likeness (QED) is 0.906. The molecule has 2 aromatic heterocycles. The first-order valence-electron chi connectivity index (χ1n) is 6.86. The Hall–Kier alpha value is -1.59. The molecule has 0 bridgehead atoms. The molecule has 1 fully saturated rings. The fourth-order valence-corrected chi connectivity index (χ4v) is 2.64. The molecule has 3 heterocycles. The van der Waals surface area contributed by atoms with Crippen LogP contribution in [-0.4, -0.2) is 35.2 Å². The minimum atomic E-state index is 0.296. The molecule has 1 unspecified atom stereocenters. The minimum Gasteiger partial charge on any atom is -0.375 e. The number of rotatable bonds is 3. The highest BCUT2D eigenvalue weighted by atomic mass is 16.5. The van der Waals surface area contributed by atoms with E-state index < -0.39 is 0 Å². The van der Waals surface area contributed by atoms with Gasteiger partial charge in [-0.2, -0.15) is 0 Å². The summed E-state index contributed by atoms with van der Waals surface area (Å²) in [6.45, 7) is 5.19. The summed E-state index contributed by atoms with van der Waals surface area (Å²) in [6.07, 6.45) is 3.34. The van der Waals surface area contributed by atoms with Gasteiger partial charge in [-0.15, -0.1) is 0 Å². The normalized spacial score (nSPS) is 20.1. The second-order valence-corrected chi connectivity index (χ2v) is 4.86. The summed E-state index contributed by atoms with van der Waals surface area (Å²) in [5, 5.41) is 0. The number of ether oxygens (including phenoxy) is 1. The van der Waals surface area contributed by atoms with Gasteiger partial charge in [0.05, 0.1) is 18.4 Å². The molecule has 0 spiro atoms. The summed E-state index contributed by atoms with van der Waals surface area (Å²) in [6, 6.07) is 6.02. The van der Waals surface area contributed by atoms with Crippen LogP contribution in [-0.2, 0) is 11.3 Å². The lowest BCUT2D eigenvalue weighted by Crippen LogP contribution is -2.42. The Labute approximate surface area is 113 Å². The van der Waals surface area contributed by atoms with Crippen molar-refractivity contribution in [3.8, 4) is 0 Å². The van der Waals surface area contributed by atoms with E-state index >= 15 is 0 Å². The first-order chi connectivity index (χ1) is 9.33. The molecule has 0 saturated carbocycles. The maximum absolute atomic E-state index is 5.92. The van der Waals surface area contributed by atoms with Crippen LogP contribution in [0.15, 0.2) is 24.4 Å². The smallest absolute Gasteiger partial charge is 0.152 e. The van der Waals surface area contributed by atoms with Crippen LogP contribution in [0, 0.1) is 0 Å². The molecule has 2 aromatic rings. The molecule has 3 rings (SSSR count). The molecule has 19 heavy (non-hydrogen) atoms. The van der Waals surface area contributed by atoms with Crippen LogP contribution in [0.4, 0.5) is 5.82 Å². The van der Waals surface area contributed by atoms with Gasteiger partial charge >= 0.3 is 0 Å². The lowest BCUT2D eigenvalue weighted by Gasteiger charge is -2.33. The molecule has 1 atom stereocenters. The number of hydrogen-bond acceptors (Lipinski definition) is 4. The number of anilines is 1. The van der Waals surface area contributed by atoms with Crippen molar-refractivity contribution in [2.75, 3.05) is 24.6 Å². The molecular formula is C14H20N4O. The number of aromatic nitrogens is 2. The third-order valence-electron chi connectivity index (χ3n) is 3.69. The topological polar surface area (TPSA) is 55.8 Å². The molecule has 1 saturated heterocycles. The fourth-order valence-electron chi connectivity index (χ4n) is 2.64. The average molecular weight is 260 g/mol. The summed E-state index contributed by atoms with van der Waals surface area (Å²) < 4.78 is 7.79. The van der Waals surface area contributed by atoms with Crippen LogP contribution in [0.2, 0.25) is 0 Å². The van der Waals surface area contributed by atoms with E-state index in [0.717, 1.165) is 43.3 Å². The summed E-state index contributed by atoms with van der Waals surface area (Å²) in [7, 11) is 0. The van der Waals surface area contributed by atoms with Gasteiger partial charge in [-0.25, -0.2) is 4.98 Å². The van der Waals surface area contributed by atoms with Crippen molar-refractivity contribution in [1.29, 1.82) is 0 Å². The van der Waals surface area contributed by atoms with Crippen LogP contribution in [0.25, 0.3) is 5.65 Å². The van der Waals surface area contributed by atoms with Crippen molar-refractivity contribution >= 4 is 11.5 Å². The zero-order chi connectivity index (χ0) is 13.2. The summed E-state index contributed by atoms with van der Waals surface area (Å²) >= 11 is 0. The largest absolute Gasteiger partial charge is 0.375 e. The van der Waals surface area contributed by atoms with Crippen LogP contribution in [0.5, 0.6) is 0 Å². The predicted molar refractivity (Wildman–Crippen MR) is 75.3 cm³/mol. The molecule has 102 valence electrons. The van der Waals surface area contributed by atoms with Crippen LogP contribution in [0.1, 0.15) is 19.0 Å². The third-order valence-corrected chi connectivity index (χ3v) is 3.69. The lowest BCUT2D eigenvalue weighted by molar-refractivity contribution is 0.0381. The zero-order valence-corrected chi connectivity index (χ0v) is 11.2. The van der Waals surface area contributed by atoms with Gasteiger partial charge in [0.1, 0.15) is 5.65 Å². The van der Waals surface area contributed by atoms with E-state index in [-0.39, 0.29) is 0 Å². The standard InChI is InChI=1S/C14H20N4O/c1-2-11-10-17(7-8-19-11)14-12(9-15)18-6-4-3-5-13(18)16-14/h3-6,11H,2,7-10,15H2,1H3. The van der Waals surface area contributed by atoms with E-state index in [4.69, 9.17) is 15.5 Å². The lowest BCUT2D eigenvalue weighted by atomic mass is 10.2. The summed E-state index contributed by atoms with van der Waals surface area (Å²) in [5.41, 5.74) is 7.95. The van der Waals surface area contributed by atoms with E-state index in [9.17, 15) is 0 Å². The number of nitrogens with two attached hydrogens (primary N) is 1. The van der Waals surface area contributed by atoms with Gasteiger partial charge < -0.3 is 19.8 Å². The Morgan fingerprint density at radius 1 is 1.47 bits per heavy atom. The highest BCUT2D eigenvalue weighted by molar-refractivity contribution is 5.56. The molecule has 1 aliphatic rings. The van der Waals surface area contributed by atoms with Crippen molar-refractivity contribution in [1.82, 2.24) is 9.38 Å². The SMILES string of the molecule is CCC1CN(c2nc3ccccn3c2CN)CCO1. The van der Waals surface area contributed by atoms with Crippen molar-refractivity contribution in [2.45, 2.75) is 26.0 Å². The highest BCUT2D eigenvalue weighted by Crippen LogP contribution is 2.23. The molecule has 0 aromatic carbocycles. The van der Waals surface area contributed by atoms with E-state index in [1.807, 2.05) is 24.4 Å². The summed E-state index contributed by atoms with van der Waals surface area (Å²) in [5.74, 6) is 1.01. The van der Waals surface area contributed by atoms with E-state index in [2.05, 4.69) is 16.2 Å².